The van der Waals surface area contributed by atoms with Gasteiger partial charge in [0.25, 0.3) is 0 Å². The first kappa shape index (κ1) is 14.6. The topological polar surface area (TPSA) is 147 Å². The van der Waals surface area contributed by atoms with E-state index in [1.807, 2.05) is 0 Å². The van der Waals surface area contributed by atoms with Crippen LogP contribution < -0.4 is 11.3 Å². The van der Waals surface area contributed by atoms with Gasteiger partial charge in [-0.1, -0.05) is 11.8 Å². The highest BCUT2D eigenvalue weighted by atomic mass is 32.2. The minimum Gasteiger partial charge on any atom is -0.394 e. The molecule has 0 aliphatic carbocycles. The summed E-state index contributed by atoms with van der Waals surface area (Å²) < 4.78 is 0. The molecule has 10 heteroatoms. The number of nitro groups is 1. The molecule has 1 atom stereocenters. The first-order chi connectivity index (χ1) is 8.49. The van der Waals surface area contributed by atoms with Crippen molar-refractivity contribution >= 4 is 23.4 Å². The van der Waals surface area contributed by atoms with Crippen LogP contribution in [-0.2, 0) is 0 Å². The van der Waals surface area contributed by atoms with Crippen molar-refractivity contribution in [3.63, 3.8) is 0 Å². The Labute approximate surface area is 107 Å². The summed E-state index contributed by atoms with van der Waals surface area (Å²) in [6.45, 7) is 1.04. The van der Waals surface area contributed by atoms with Gasteiger partial charge in [-0.2, -0.15) is 4.98 Å². The largest absolute Gasteiger partial charge is 0.394 e. The summed E-state index contributed by atoms with van der Waals surface area (Å²) in [6.07, 6.45) is -0.973. The standard InChI is InChI=1S/C8H13N5O4S/c1-4-6(13(16)17)7(11-8(10-4)12-9)18-3-5(15)2-14/h5,14-15H,2-3,9H2,1H3,(H,10,11,12). The Morgan fingerprint density at radius 2 is 2.28 bits per heavy atom. The minimum atomic E-state index is -0.973. The van der Waals surface area contributed by atoms with Gasteiger partial charge in [-0.25, -0.2) is 10.8 Å². The van der Waals surface area contributed by atoms with Gasteiger partial charge in [0.1, 0.15) is 5.69 Å². The Balaban J connectivity index is 3.05. The van der Waals surface area contributed by atoms with Crippen LogP contribution in [0.15, 0.2) is 5.03 Å². The third kappa shape index (κ3) is 3.50. The number of hydrazine groups is 1. The van der Waals surface area contributed by atoms with E-state index in [1.165, 1.54) is 6.92 Å². The van der Waals surface area contributed by atoms with E-state index in [0.29, 0.717) is 0 Å². The van der Waals surface area contributed by atoms with Crippen molar-refractivity contribution in [2.45, 2.75) is 18.1 Å². The van der Waals surface area contributed by atoms with Crippen LogP contribution in [0, 0.1) is 17.0 Å². The quantitative estimate of drug-likeness (QED) is 0.176. The lowest BCUT2D eigenvalue weighted by Gasteiger charge is -2.08. The number of rotatable bonds is 6. The van der Waals surface area contributed by atoms with E-state index in [-0.39, 0.29) is 28.1 Å². The number of aliphatic hydroxyl groups is 2. The monoisotopic (exact) mass is 275 g/mol. The maximum Gasteiger partial charge on any atom is 0.322 e. The molecule has 100 valence electrons. The number of aromatic nitrogens is 2. The molecule has 1 unspecified atom stereocenters. The van der Waals surface area contributed by atoms with Gasteiger partial charge in [-0.3, -0.25) is 15.5 Å². The van der Waals surface area contributed by atoms with Crippen molar-refractivity contribution < 1.29 is 15.1 Å². The predicted octanol–water partition coefficient (Wildman–Crippen LogP) is -0.576. The molecule has 5 N–H and O–H groups in total. The predicted molar refractivity (Wildman–Crippen MR) is 65.1 cm³/mol. The first-order valence-corrected chi connectivity index (χ1v) is 5.89. The molecule has 0 aliphatic rings. The fraction of sp³-hybridized carbons (Fsp3) is 0.500. The van der Waals surface area contributed by atoms with Crippen molar-refractivity contribution in [3.05, 3.63) is 15.8 Å². The molecule has 1 rings (SSSR count). The molecular formula is C8H13N5O4S. The third-order valence-electron chi connectivity index (χ3n) is 1.96. The van der Waals surface area contributed by atoms with E-state index in [1.54, 1.807) is 0 Å². The van der Waals surface area contributed by atoms with Crippen molar-refractivity contribution in [2.24, 2.45) is 5.84 Å². The van der Waals surface area contributed by atoms with Gasteiger partial charge in [0.2, 0.25) is 5.95 Å². The molecule has 9 nitrogen and oxygen atoms in total. The van der Waals surface area contributed by atoms with Crippen LogP contribution in [0.3, 0.4) is 0 Å². The van der Waals surface area contributed by atoms with Gasteiger partial charge in [-0.15, -0.1) is 0 Å². The molecule has 0 fully saturated rings. The number of nitrogen functional groups attached to an aromatic ring is 1. The van der Waals surface area contributed by atoms with Crippen molar-refractivity contribution in [1.29, 1.82) is 0 Å². The zero-order chi connectivity index (χ0) is 13.7. The summed E-state index contributed by atoms with van der Waals surface area (Å²) in [5.41, 5.74) is 2.14. The van der Waals surface area contributed by atoms with E-state index >= 15 is 0 Å². The summed E-state index contributed by atoms with van der Waals surface area (Å²) >= 11 is 0.953. The van der Waals surface area contributed by atoms with Gasteiger partial charge in [0.05, 0.1) is 17.6 Å². The lowest BCUT2D eigenvalue weighted by Crippen LogP contribution is -2.16. The van der Waals surface area contributed by atoms with Crippen molar-refractivity contribution in [3.8, 4) is 0 Å². The Morgan fingerprint density at radius 1 is 1.61 bits per heavy atom. The fourth-order valence-electron chi connectivity index (χ4n) is 1.14. The van der Waals surface area contributed by atoms with Gasteiger partial charge < -0.3 is 10.2 Å². The number of anilines is 1. The number of nitrogens with one attached hydrogen (secondary N) is 1. The molecule has 0 bridgehead atoms. The van der Waals surface area contributed by atoms with Crippen LogP contribution >= 0.6 is 11.8 Å². The number of nitrogens with zero attached hydrogens (tertiary/aromatic N) is 3. The Bertz CT molecular complexity index is 444. The summed E-state index contributed by atoms with van der Waals surface area (Å²) in [6, 6.07) is 0. The van der Waals surface area contributed by atoms with E-state index < -0.39 is 17.6 Å². The molecule has 0 aliphatic heterocycles. The number of hydrogen-bond acceptors (Lipinski definition) is 9. The van der Waals surface area contributed by atoms with Gasteiger partial charge in [0, 0.05) is 5.75 Å². The second-order valence-corrected chi connectivity index (χ2v) is 4.34. The minimum absolute atomic E-state index is 0.0547. The number of thioether (sulfide) groups is 1. The van der Waals surface area contributed by atoms with Crippen LogP contribution in [-0.4, -0.2) is 43.6 Å². The Hall–Kier alpha value is -1.49. The molecule has 0 amide bonds. The van der Waals surface area contributed by atoms with Crippen LogP contribution in [0.25, 0.3) is 0 Å². The summed E-state index contributed by atoms with van der Waals surface area (Å²) in [5.74, 6) is 5.29. The number of nitrogens with two attached hydrogens (primary N) is 1. The third-order valence-corrected chi connectivity index (χ3v) is 3.07. The summed E-state index contributed by atoms with van der Waals surface area (Å²) in [7, 11) is 0. The number of aryl methyl sites for hydroxylation is 1. The first-order valence-electron chi connectivity index (χ1n) is 4.91. The second kappa shape index (κ2) is 6.44. The second-order valence-electron chi connectivity index (χ2n) is 3.34. The SMILES string of the molecule is Cc1nc(NN)nc(SCC(O)CO)c1[N+](=O)[O-]. The van der Waals surface area contributed by atoms with E-state index in [4.69, 9.17) is 10.9 Å². The lowest BCUT2D eigenvalue weighted by molar-refractivity contribution is -0.389. The maximum absolute atomic E-state index is 10.9. The van der Waals surface area contributed by atoms with Gasteiger partial charge in [0.15, 0.2) is 5.03 Å². The highest BCUT2D eigenvalue weighted by Crippen LogP contribution is 2.30. The van der Waals surface area contributed by atoms with Crippen LogP contribution in [0.5, 0.6) is 0 Å². The van der Waals surface area contributed by atoms with Gasteiger partial charge in [-0.05, 0) is 6.92 Å². The number of hydrogen-bond donors (Lipinski definition) is 4. The molecule has 0 aromatic carbocycles. The smallest absolute Gasteiger partial charge is 0.322 e. The summed E-state index contributed by atoms with van der Waals surface area (Å²) in [4.78, 5) is 18.0. The molecule has 0 radical (unpaired) electrons. The fourth-order valence-corrected chi connectivity index (χ4v) is 2.11. The molecule has 1 heterocycles. The highest BCUT2D eigenvalue weighted by Gasteiger charge is 2.22. The summed E-state index contributed by atoms with van der Waals surface area (Å²) in [5, 5.41) is 28.9. The molecule has 18 heavy (non-hydrogen) atoms. The van der Waals surface area contributed by atoms with E-state index in [2.05, 4.69) is 15.4 Å². The van der Waals surface area contributed by atoms with Crippen LogP contribution in [0.2, 0.25) is 0 Å². The van der Waals surface area contributed by atoms with Crippen molar-refractivity contribution in [1.82, 2.24) is 9.97 Å². The van der Waals surface area contributed by atoms with Crippen LogP contribution in [0.4, 0.5) is 11.6 Å². The zero-order valence-electron chi connectivity index (χ0n) is 9.53. The number of aliphatic hydroxyl groups excluding tert-OH is 2. The highest BCUT2D eigenvalue weighted by molar-refractivity contribution is 7.99. The molecular weight excluding hydrogens is 262 g/mol. The van der Waals surface area contributed by atoms with E-state index in [0.717, 1.165) is 11.8 Å². The average molecular weight is 275 g/mol. The molecule has 0 spiro atoms. The van der Waals surface area contributed by atoms with Crippen molar-refractivity contribution in [2.75, 3.05) is 17.8 Å². The Morgan fingerprint density at radius 3 is 2.78 bits per heavy atom. The van der Waals surface area contributed by atoms with Crippen LogP contribution in [0.1, 0.15) is 5.69 Å². The normalized spacial score (nSPS) is 12.2. The maximum atomic E-state index is 10.9. The molecule has 1 aromatic rings. The Kier molecular flexibility index (Phi) is 5.22. The lowest BCUT2D eigenvalue weighted by atomic mass is 10.4. The average Bonchev–Trinajstić information content (AvgIpc) is 2.34. The molecule has 0 saturated heterocycles. The molecule has 0 saturated carbocycles. The molecule has 1 aromatic heterocycles. The van der Waals surface area contributed by atoms with Gasteiger partial charge >= 0.3 is 5.69 Å². The van der Waals surface area contributed by atoms with E-state index in [9.17, 15) is 15.2 Å². The zero-order valence-corrected chi connectivity index (χ0v) is 10.3.